The molecule has 1 fully saturated rings. The van der Waals surface area contributed by atoms with Crippen molar-refractivity contribution >= 4 is 0 Å². The van der Waals surface area contributed by atoms with Crippen LogP contribution in [-0.2, 0) is 21.7 Å². The molecule has 2 atom stereocenters. The maximum Gasteiger partial charge on any atom is 2.00 e. The number of rotatable bonds is 4. The van der Waals surface area contributed by atoms with Crippen LogP contribution in [0.25, 0.3) is 44.5 Å². The minimum absolute atomic E-state index is 0. The van der Waals surface area contributed by atoms with Crippen molar-refractivity contribution in [3.8, 4) is 56.0 Å². The van der Waals surface area contributed by atoms with Gasteiger partial charge in [0.05, 0.1) is 0 Å². The molecule has 0 amide bonds. The molecular formula is C44H42O2Ti. The molecule has 0 radical (unpaired) electrons. The smallest absolute Gasteiger partial charge is 0.507 e. The molecule has 1 aliphatic carbocycles. The molecule has 1 saturated carbocycles. The van der Waals surface area contributed by atoms with Crippen molar-refractivity contribution in [1.82, 2.24) is 0 Å². The van der Waals surface area contributed by atoms with Crippen LogP contribution < -0.4 is 0 Å². The Morgan fingerprint density at radius 2 is 0.596 bits per heavy atom. The molecule has 0 heterocycles. The molecule has 6 aromatic rings. The molecule has 2 unspecified atom stereocenters. The third kappa shape index (κ3) is 9.58. The number of aromatic hydroxyl groups is 2. The normalized spacial score (nSPS) is 15.1. The molecule has 1 aliphatic rings. The van der Waals surface area contributed by atoms with Gasteiger partial charge >= 0.3 is 21.7 Å². The summed E-state index contributed by atoms with van der Waals surface area (Å²) in [5.74, 6) is 1.95. The van der Waals surface area contributed by atoms with Crippen LogP contribution in [0.4, 0.5) is 0 Å². The van der Waals surface area contributed by atoms with Gasteiger partial charge in [-0.2, -0.15) is 11.8 Å². The van der Waals surface area contributed by atoms with E-state index in [0.29, 0.717) is 23.3 Å². The van der Waals surface area contributed by atoms with E-state index in [9.17, 15) is 10.2 Å². The Hall–Kier alpha value is -4.37. The Morgan fingerprint density at radius 1 is 0.362 bits per heavy atom. The SMILES string of the molecule is Oc1c(-c2ccccc2)cccc1-c1ccccc1.Oc1c(-c2ccccc2)cccc1-c1ccccc1.[CH2-]C1CCCCC1[CH2-].[Ti+2]. The van der Waals surface area contributed by atoms with Gasteiger partial charge in [0.25, 0.3) is 0 Å². The van der Waals surface area contributed by atoms with E-state index in [1.54, 1.807) is 0 Å². The Bertz CT molecular complexity index is 1520. The first-order valence-corrected chi connectivity index (χ1v) is 16.0. The van der Waals surface area contributed by atoms with Gasteiger partial charge in [0.15, 0.2) is 0 Å². The average molecular weight is 651 g/mol. The molecule has 6 aromatic carbocycles. The van der Waals surface area contributed by atoms with Gasteiger partial charge in [-0.05, 0) is 22.3 Å². The largest absolute Gasteiger partial charge is 2.00 e. The summed E-state index contributed by atoms with van der Waals surface area (Å²) in [6.45, 7) is 8.03. The number of hydrogen-bond acceptors (Lipinski definition) is 2. The topological polar surface area (TPSA) is 40.5 Å². The van der Waals surface area contributed by atoms with Crippen LogP contribution >= 0.6 is 0 Å². The van der Waals surface area contributed by atoms with Crippen LogP contribution in [0.5, 0.6) is 11.5 Å². The molecule has 0 bridgehead atoms. The van der Waals surface area contributed by atoms with Crippen molar-refractivity contribution in [3.05, 3.63) is 172 Å². The summed E-state index contributed by atoms with van der Waals surface area (Å²) in [4.78, 5) is 0. The zero-order valence-electron chi connectivity index (χ0n) is 26.8. The summed E-state index contributed by atoms with van der Waals surface area (Å²) in [5, 5.41) is 21.0. The Morgan fingerprint density at radius 3 is 0.809 bits per heavy atom. The first-order valence-electron chi connectivity index (χ1n) is 16.0. The monoisotopic (exact) mass is 650 g/mol. The third-order valence-electron chi connectivity index (χ3n) is 8.48. The predicted octanol–water partition coefficient (Wildman–Crippen LogP) is 11.9. The zero-order chi connectivity index (χ0) is 32.1. The molecule has 0 spiro atoms. The molecule has 2 N–H and O–H groups in total. The number of phenolic OH excluding ortho intramolecular Hbond substituents is 2. The summed E-state index contributed by atoms with van der Waals surface area (Å²) >= 11 is 0. The van der Waals surface area contributed by atoms with Crippen molar-refractivity contribution in [1.29, 1.82) is 0 Å². The maximum atomic E-state index is 10.5. The van der Waals surface area contributed by atoms with Gasteiger partial charge in [0, 0.05) is 22.3 Å². The van der Waals surface area contributed by atoms with E-state index in [1.165, 1.54) is 25.7 Å². The second-order valence-corrected chi connectivity index (χ2v) is 11.7. The second-order valence-electron chi connectivity index (χ2n) is 11.7. The number of hydrogen-bond donors (Lipinski definition) is 2. The van der Waals surface area contributed by atoms with Gasteiger partial charge in [-0.25, -0.2) is 0 Å². The van der Waals surface area contributed by atoms with E-state index >= 15 is 0 Å². The summed E-state index contributed by atoms with van der Waals surface area (Å²) in [5.41, 5.74) is 7.55. The van der Waals surface area contributed by atoms with Crippen molar-refractivity contribution in [2.24, 2.45) is 11.8 Å². The van der Waals surface area contributed by atoms with Gasteiger partial charge < -0.3 is 24.1 Å². The van der Waals surface area contributed by atoms with E-state index in [4.69, 9.17) is 0 Å². The van der Waals surface area contributed by atoms with Gasteiger partial charge in [-0.3, -0.25) is 0 Å². The maximum absolute atomic E-state index is 10.5. The first-order chi connectivity index (χ1) is 22.5. The number of benzene rings is 6. The standard InChI is InChI=1S/2C18H14O.C8H14.Ti/c2*19-18-16(14-8-3-1-4-9-14)12-7-13-17(18)15-10-5-2-6-11-15;1-7-5-3-4-6-8(7)2;/h2*1-13,19H;7-8H,1-6H2;/q;;-2;+2. The zero-order valence-corrected chi connectivity index (χ0v) is 28.4. The fourth-order valence-electron chi connectivity index (χ4n) is 5.77. The third-order valence-corrected chi connectivity index (χ3v) is 8.48. The Labute approximate surface area is 295 Å². The molecule has 234 valence electrons. The van der Waals surface area contributed by atoms with Crippen LogP contribution in [0.2, 0.25) is 0 Å². The second kappa shape index (κ2) is 18.1. The van der Waals surface area contributed by atoms with Crippen molar-refractivity contribution in [2.45, 2.75) is 25.7 Å². The van der Waals surface area contributed by atoms with Gasteiger partial charge in [0.1, 0.15) is 11.5 Å². The quantitative estimate of drug-likeness (QED) is 0.147. The van der Waals surface area contributed by atoms with Crippen LogP contribution in [0.15, 0.2) is 158 Å². The van der Waals surface area contributed by atoms with E-state index in [2.05, 4.69) is 13.8 Å². The Balaban J connectivity index is 0.000000171. The minimum Gasteiger partial charge on any atom is -0.507 e. The minimum atomic E-state index is 0. The van der Waals surface area contributed by atoms with Crippen LogP contribution in [0.1, 0.15) is 25.7 Å². The molecule has 0 aromatic heterocycles. The number of phenols is 2. The molecule has 47 heavy (non-hydrogen) atoms. The molecule has 0 aliphatic heterocycles. The summed E-state index contributed by atoms with van der Waals surface area (Å²) in [6.07, 6.45) is 5.35. The summed E-state index contributed by atoms with van der Waals surface area (Å²) in [6, 6.07) is 51.5. The summed E-state index contributed by atoms with van der Waals surface area (Å²) in [7, 11) is 0. The number of para-hydroxylation sites is 2. The van der Waals surface area contributed by atoms with Gasteiger partial charge in [0.2, 0.25) is 0 Å². The molecule has 0 saturated heterocycles. The van der Waals surface area contributed by atoms with Crippen LogP contribution in [-0.4, -0.2) is 10.2 Å². The molecule has 7 rings (SSSR count). The van der Waals surface area contributed by atoms with E-state index in [-0.39, 0.29) is 21.7 Å². The summed E-state index contributed by atoms with van der Waals surface area (Å²) < 4.78 is 0. The fourth-order valence-corrected chi connectivity index (χ4v) is 5.77. The van der Waals surface area contributed by atoms with Crippen LogP contribution in [0, 0.1) is 25.7 Å². The van der Waals surface area contributed by atoms with Crippen molar-refractivity contribution < 1.29 is 31.9 Å². The van der Waals surface area contributed by atoms with E-state index < -0.39 is 0 Å². The van der Waals surface area contributed by atoms with Crippen molar-refractivity contribution in [3.63, 3.8) is 0 Å². The average Bonchev–Trinajstić information content (AvgIpc) is 3.12. The molecular weight excluding hydrogens is 608 g/mol. The predicted molar refractivity (Wildman–Crippen MR) is 194 cm³/mol. The Kier molecular flexibility index (Phi) is 13.7. The first kappa shape index (κ1) is 35.5. The van der Waals surface area contributed by atoms with E-state index in [0.717, 1.165) is 44.5 Å². The van der Waals surface area contributed by atoms with Crippen LogP contribution in [0.3, 0.4) is 0 Å². The molecule has 3 heteroatoms. The van der Waals surface area contributed by atoms with E-state index in [1.807, 2.05) is 158 Å². The van der Waals surface area contributed by atoms with Gasteiger partial charge in [-0.1, -0.05) is 183 Å². The fraction of sp³-hybridized carbons (Fsp3) is 0.136. The molecule has 2 nitrogen and oxygen atoms in total. The van der Waals surface area contributed by atoms with Crippen molar-refractivity contribution in [2.75, 3.05) is 0 Å². The van der Waals surface area contributed by atoms with Gasteiger partial charge in [-0.15, -0.1) is 0 Å².